The molecule has 1 N–H and O–H groups in total. The number of methoxy groups -OCH3 is 1. The predicted octanol–water partition coefficient (Wildman–Crippen LogP) is 3.48. The Hall–Kier alpha value is -1.42. The minimum absolute atomic E-state index is 0.278. The Bertz CT molecular complexity index is 495. The molecular formula is C17H25NO3. The van der Waals surface area contributed by atoms with Crippen molar-refractivity contribution >= 4 is 0 Å². The van der Waals surface area contributed by atoms with Gasteiger partial charge >= 0.3 is 0 Å². The molecule has 0 bridgehead atoms. The lowest BCUT2D eigenvalue weighted by Gasteiger charge is -2.33. The summed E-state index contributed by atoms with van der Waals surface area (Å²) in [5, 5.41) is 3.60. The van der Waals surface area contributed by atoms with Crippen molar-refractivity contribution in [3.63, 3.8) is 0 Å². The zero-order valence-corrected chi connectivity index (χ0v) is 13.0. The summed E-state index contributed by atoms with van der Waals surface area (Å²) in [5.41, 5.74) is 1.63. The number of nitrogens with one attached hydrogen (secondary N) is 1. The molecule has 0 atom stereocenters. The molecule has 1 saturated carbocycles. The van der Waals surface area contributed by atoms with Crippen LogP contribution < -0.4 is 19.5 Å². The van der Waals surface area contributed by atoms with E-state index in [4.69, 9.17) is 14.2 Å². The summed E-state index contributed by atoms with van der Waals surface area (Å²) in [5.74, 6) is 2.26. The van der Waals surface area contributed by atoms with E-state index in [0.717, 1.165) is 30.3 Å². The van der Waals surface area contributed by atoms with E-state index in [1.807, 2.05) is 12.1 Å². The SMILES string of the molecule is COc1cc(CNCC2(C)CCCCC2)cc2c1OCO2. The van der Waals surface area contributed by atoms with E-state index in [0.29, 0.717) is 5.41 Å². The van der Waals surface area contributed by atoms with Crippen molar-refractivity contribution in [1.29, 1.82) is 0 Å². The molecule has 4 heteroatoms. The molecular weight excluding hydrogens is 266 g/mol. The normalized spacial score (nSPS) is 19.5. The Morgan fingerprint density at radius 1 is 1.19 bits per heavy atom. The summed E-state index contributed by atoms with van der Waals surface area (Å²) in [6.45, 7) is 4.59. The average Bonchev–Trinajstić information content (AvgIpc) is 2.95. The lowest BCUT2D eigenvalue weighted by atomic mass is 9.76. The molecule has 1 aliphatic carbocycles. The summed E-state index contributed by atoms with van der Waals surface area (Å²) in [6, 6.07) is 4.07. The van der Waals surface area contributed by atoms with Gasteiger partial charge in [0.15, 0.2) is 11.5 Å². The first-order valence-electron chi connectivity index (χ1n) is 7.87. The zero-order valence-electron chi connectivity index (χ0n) is 13.0. The van der Waals surface area contributed by atoms with Gasteiger partial charge in [-0.1, -0.05) is 26.2 Å². The van der Waals surface area contributed by atoms with E-state index < -0.39 is 0 Å². The first kappa shape index (κ1) is 14.5. The van der Waals surface area contributed by atoms with Gasteiger partial charge in [-0.3, -0.25) is 0 Å². The topological polar surface area (TPSA) is 39.7 Å². The third-order valence-corrected chi connectivity index (χ3v) is 4.66. The van der Waals surface area contributed by atoms with Crippen LogP contribution in [0.3, 0.4) is 0 Å². The summed E-state index contributed by atoms with van der Waals surface area (Å²) in [4.78, 5) is 0. The van der Waals surface area contributed by atoms with Gasteiger partial charge in [0.05, 0.1) is 7.11 Å². The summed E-state index contributed by atoms with van der Waals surface area (Å²) in [6.07, 6.45) is 6.82. The van der Waals surface area contributed by atoms with Gasteiger partial charge in [0.2, 0.25) is 12.5 Å². The van der Waals surface area contributed by atoms with Crippen LogP contribution in [0, 0.1) is 5.41 Å². The molecule has 0 spiro atoms. The summed E-state index contributed by atoms with van der Waals surface area (Å²) in [7, 11) is 1.66. The quantitative estimate of drug-likeness (QED) is 0.901. The third-order valence-electron chi connectivity index (χ3n) is 4.66. The minimum Gasteiger partial charge on any atom is -0.493 e. The van der Waals surface area contributed by atoms with Crippen LogP contribution in [-0.4, -0.2) is 20.4 Å². The standard InChI is InChI=1S/C17H25NO3/c1-17(6-4-3-5-7-17)11-18-10-13-8-14(19-2)16-15(9-13)20-12-21-16/h8-9,18H,3-7,10-12H2,1-2H3. The van der Waals surface area contributed by atoms with Gasteiger partial charge in [-0.2, -0.15) is 0 Å². The molecule has 116 valence electrons. The van der Waals surface area contributed by atoms with E-state index in [1.165, 1.54) is 37.7 Å². The fraction of sp³-hybridized carbons (Fsp3) is 0.647. The van der Waals surface area contributed by atoms with Crippen LogP contribution in [0.4, 0.5) is 0 Å². The van der Waals surface area contributed by atoms with E-state index in [-0.39, 0.29) is 6.79 Å². The van der Waals surface area contributed by atoms with Gasteiger partial charge in [-0.25, -0.2) is 0 Å². The highest BCUT2D eigenvalue weighted by Gasteiger charge is 2.26. The Morgan fingerprint density at radius 3 is 2.76 bits per heavy atom. The highest BCUT2D eigenvalue weighted by atomic mass is 16.7. The molecule has 1 aromatic rings. The number of hydrogen-bond acceptors (Lipinski definition) is 4. The first-order chi connectivity index (χ1) is 10.2. The Kier molecular flexibility index (Phi) is 4.24. The fourth-order valence-electron chi connectivity index (χ4n) is 3.38. The maximum atomic E-state index is 5.47. The second-order valence-corrected chi connectivity index (χ2v) is 6.51. The van der Waals surface area contributed by atoms with Crippen LogP contribution in [0.2, 0.25) is 0 Å². The number of rotatable bonds is 5. The monoisotopic (exact) mass is 291 g/mol. The molecule has 0 aromatic heterocycles. The van der Waals surface area contributed by atoms with Crippen LogP contribution in [0.25, 0.3) is 0 Å². The molecule has 0 unspecified atom stereocenters. The molecule has 1 aromatic carbocycles. The minimum atomic E-state index is 0.278. The smallest absolute Gasteiger partial charge is 0.231 e. The van der Waals surface area contributed by atoms with Crippen molar-refractivity contribution in [1.82, 2.24) is 5.32 Å². The molecule has 1 fully saturated rings. The fourth-order valence-corrected chi connectivity index (χ4v) is 3.38. The van der Waals surface area contributed by atoms with Crippen molar-refractivity contribution in [2.24, 2.45) is 5.41 Å². The Morgan fingerprint density at radius 2 is 2.00 bits per heavy atom. The summed E-state index contributed by atoms with van der Waals surface area (Å²) >= 11 is 0. The van der Waals surface area contributed by atoms with Crippen molar-refractivity contribution < 1.29 is 14.2 Å². The maximum Gasteiger partial charge on any atom is 0.231 e. The van der Waals surface area contributed by atoms with Crippen LogP contribution in [0.1, 0.15) is 44.6 Å². The second kappa shape index (κ2) is 6.14. The Labute approximate surface area is 126 Å². The predicted molar refractivity (Wildman–Crippen MR) is 82.0 cm³/mol. The van der Waals surface area contributed by atoms with Gasteiger partial charge in [-0.05, 0) is 36.0 Å². The zero-order chi connectivity index (χ0) is 14.7. The Balaban J connectivity index is 1.60. The van der Waals surface area contributed by atoms with Crippen LogP contribution in [0.5, 0.6) is 17.2 Å². The highest BCUT2D eigenvalue weighted by molar-refractivity contribution is 5.55. The average molecular weight is 291 g/mol. The molecule has 4 nitrogen and oxygen atoms in total. The van der Waals surface area contributed by atoms with Crippen LogP contribution >= 0.6 is 0 Å². The van der Waals surface area contributed by atoms with Gasteiger partial charge in [0.1, 0.15) is 0 Å². The number of ether oxygens (including phenoxy) is 3. The van der Waals surface area contributed by atoms with Crippen molar-refractivity contribution in [3.8, 4) is 17.2 Å². The molecule has 0 saturated heterocycles. The molecule has 3 rings (SSSR count). The van der Waals surface area contributed by atoms with Gasteiger partial charge < -0.3 is 19.5 Å². The highest BCUT2D eigenvalue weighted by Crippen LogP contribution is 2.42. The number of fused-ring (bicyclic) bond motifs is 1. The second-order valence-electron chi connectivity index (χ2n) is 6.51. The van der Waals surface area contributed by atoms with Crippen molar-refractivity contribution in [2.75, 3.05) is 20.4 Å². The molecule has 0 radical (unpaired) electrons. The number of hydrogen-bond donors (Lipinski definition) is 1. The van der Waals surface area contributed by atoms with Crippen molar-refractivity contribution in [3.05, 3.63) is 17.7 Å². The van der Waals surface area contributed by atoms with E-state index >= 15 is 0 Å². The largest absolute Gasteiger partial charge is 0.493 e. The summed E-state index contributed by atoms with van der Waals surface area (Å²) < 4.78 is 16.3. The maximum absolute atomic E-state index is 5.47. The molecule has 0 amide bonds. The van der Waals surface area contributed by atoms with Gasteiger partial charge in [0.25, 0.3) is 0 Å². The number of benzene rings is 1. The van der Waals surface area contributed by atoms with Crippen molar-refractivity contribution in [2.45, 2.75) is 45.6 Å². The lowest BCUT2D eigenvalue weighted by molar-refractivity contribution is 0.171. The van der Waals surface area contributed by atoms with Gasteiger partial charge in [-0.15, -0.1) is 0 Å². The van der Waals surface area contributed by atoms with E-state index in [2.05, 4.69) is 12.2 Å². The molecule has 21 heavy (non-hydrogen) atoms. The molecule has 1 aliphatic heterocycles. The molecule has 2 aliphatic rings. The van der Waals surface area contributed by atoms with Crippen LogP contribution in [-0.2, 0) is 6.54 Å². The van der Waals surface area contributed by atoms with Gasteiger partial charge in [0, 0.05) is 13.1 Å². The third kappa shape index (κ3) is 3.26. The first-order valence-corrected chi connectivity index (χ1v) is 7.87. The van der Waals surface area contributed by atoms with E-state index in [9.17, 15) is 0 Å². The van der Waals surface area contributed by atoms with Crippen LogP contribution in [0.15, 0.2) is 12.1 Å². The van der Waals surface area contributed by atoms with E-state index in [1.54, 1.807) is 7.11 Å². The molecule has 1 heterocycles. The lowest BCUT2D eigenvalue weighted by Crippen LogP contribution is -2.33.